The van der Waals surface area contributed by atoms with Gasteiger partial charge in [-0.15, -0.1) is 0 Å². The van der Waals surface area contributed by atoms with E-state index in [0.29, 0.717) is 11.1 Å². The maximum Gasteiger partial charge on any atom is 0.0452 e. The molecular weight excluding hydrogens is 301 g/mol. The molecule has 0 aliphatic heterocycles. The first kappa shape index (κ1) is 16.4. The Morgan fingerprint density at radius 3 is 2.48 bits per heavy atom. The third-order valence-electron chi connectivity index (χ3n) is 3.56. The van der Waals surface area contributed by atoms with Crippen LogP contribution in [-0.4, -0.2) is 6.54 Å². The lowest BCUT2D eigenvalue weighted by Gasteiger charge is -2.19. The molecule has 2 aromatic carbocycles. The minimum absolute atomic E-state index is 0.359. The summed E-state index contributed by atoms with van der Waals surface area (Å²) in [6.45, 7) is 3.21. The molecule has 0 spiro atoms. The van der Waals surface area contributed by atoms with E-state index in [1.165, 1.54) is 5.56 Å². The second-order valence-corrected chi connectivity index (χ2v) is 6.04. The molecule has 21 heavy (non-hydrogen) atoms. The second-order valence-electron chi connectivity index (χ2n) is 5.19. The van der Waals surface area contributed by atoms with Crippen molar-refractivity contribution in [2.75, 3.05) is 6.54 Å². The van der Waals surface area contributed by atoms with Crippen LogP contribution in [0.3, 0.4) is 0 Å². The van der Waals surface area contributed by atoms with Crippen LogP contribution < -0.4 is 5.32 Å². The van der Waals surface area contributed by atoms with Crippen molar-refractivity contribution in [2.24, 2.45) is 0 Å². The lowest BCUT2D eigenvalue weighted by atomic mass is 9.99. The van der Waals surface area contributed by atoms with E-state index in [-0.39, 0.29) is 0 Å². The zero-order chi connectivity index (χ0) is 15.1. The summed E-state index contributed by atoms with van der Waals surface area (Å²) >= 11 is 12.2. The number of rotatable bonds is 7. The molecule has 3 heteroatoms. The molecule has 0 saturated carbocycles. The lowest BCUT2D eigenvalue weighted by Crippen LogP contribution is -2.22. The molecule has 2 aromatic rings. The van der Waals surface area contributed by atoms with Gasteiger partial charge < -0.3 is 5.32 Å². The smallest absolute Gasteiger partial charge is 0.0452 e. The molecule has 1 unspecified atom stereocenters. The Kier molecular flexibility index (Phi) is 6.56. The van der Waals surface area contributed by atoms with Crippen molar-refractivity contribution in [1.82, 2.24) is 5.32 Å². The summed E-state index contributed by atoms with van der Waals surface area (Å²) in [7, 11) is 0. The van der Waals surface area contributed by atoms with Gasteiger partial charge in [0.1, 0.15) is 0 Å². The van der Waals surface area contributed by atoms with Crippen LogP contribution >= 0.6 is 23.2 Å². The molecule has 0 bridgehead atoms. The molecule has 112 valence electrons. The van der Waals surface area contributed by atoms with Crippen LogP contribution in [0, 0.1) is 0 Å². The van der Waals surface area contributed by atoms with E-state index in [2.05, 4.69) is 42.6 Å². The van der Waals surface area contributed by atoms with E-state index in [4.69, 9.17) is 23.2 Å². The highest BCUT2D eigenvalue weighted by Gasteiger charge is 2.11. The van der Waals surface area contributed by atoms with E-state index < -0.39 is 0 Å². The van der Waals surface area contributed by atoms with E-state index in [0.717, 1.165) is 36.4 Å². The van der Waals surface area contributed by atoms with Crippen LogP contribution in [0.5, 0.6) is 0 Å². The SMILES string of the molecule is CCCNC(CCc1ccc(Cl)cc1Cl)c1ccccc1. The summed E-state index contributed by atoms with van der Waals surface area (Å²) in [5.74, 6) is 0. The number of hydrogen-bond donors (Lipinski definition) is 1. The van der Waals surface area contributed by atoms with Gasteiger partial charge in [0, 0.05) is 16.1 Å². The first-order valence-corrected chi connectivity index (χ1v) is 8.18. The molecule has 0 aliphatic carbocycles. The first-order chi connectivity index (χ1) is 10.2. The maximum atomic E-state index is 6.26. The van der Waals surface area contributed by atoms with Crippen LogP contribution in [0.1, 0.15) is 36.9 Å². The van der Waals surface area contributed by atoms with Gasteiger partial charge in [-0.25, -0.2) is 0 Å². The normalized spacial score (nSPS) is 12.3. The fourth-order valence-corrected chi connectivity index (χ4v) is 2.92. The van der Waals surface area contributed by atoms with Crippen LogP contribution in [-0.2, 0) is 6.42 Å². The predicted octanol–water partition coefficient (Wildman–Crippen LogP) is 5.67. The number of aryl methyl sites for hydroxylation is 1. The molecule has 1 nitrogen and oxygen atoms in total. The third-order valence-corrected chi connectivity index (χ3v) is 4.15. The summed E-state index contributed by atoms with van der Waals surface area (Å²) in [5.41, 5.74) is 2.48. The average Bonchev–Trinajstić information content (AvgIpc) is 2.50. The van der Waals surface area contributed by atoms with Crippen LogP contribution in [0.2, 0.25) is 10.0 Å². The molecule has 0 heterocycles. The molecule has 0 amide bonds. The first-order valence-electron chi connectivity index (χ1n) is 7.43. The van der Waals surface area contributed by atoms with Gasteiger partial charge in [-0.3, -0.25) is 0 Å². The molecule has 2 rings (SSSR count). The van der Waals surface area contributed by atoms with Crippen molar-refractivity contribution in [3.63, 3.8) is 0 Å². The zero-order valence-electron chi connectivity index (χ0n) is 12.3. The number of hydrogen-bond acceptors (Lipinski definition) is 1. The highest BCUT2D eigenvalue weighted by atomic mass is 35.5. The maximum absolute atomic E-state index is 6.26. The van der Waals surface area contributed by atoms with Gasteiger partial charge in [0.25, 0.3) is 0 Å². The number of benzene rings is 2. The monoisotopic (exact) mass is 321 g/mol. The van der Waals surface area contributed by atoms with Crippen LogP contribution in [0.4, 0.5) is 0 Å². The van der Waals surface area contributed by atoms with Gasteiger partial charge in [-0.2, -0.15) is 0 Å². The summed E-state index contributed by atoms with van der Waals surface area (Å²) in [4.78, 5) is 0. The minimum Gasteiger partial charge on any atom is -0.310 e. The summed E-state index contributed by atoms with van der Waals surface area (Å²) in [6, 6.07) is 16.7. The second kappa shape index (κ2) is 8.43. The Hall–Kier alpha value is -1.02. The van der Waals surface area contributed by atoms with Crippen molar-refractivity contribution in [3.05, 3.63) is 69.7 Å². The fraction of sp³-hybridized carbons (Fsp3) is 0.333. The van der Waals surface area contributed by atoms with Crippen LogP contribution in [0.15, 0.2) is 48.5 Å². The summed E-state index contributed by atoms with van der Waals surface area (Å²) in [6.07, 6.45) is 3.09. The molecule has 0 saturated heterocycles. The highest BCUT2D eigenvalue weighted by molar-refractivity contribution is 6.35. The molecule has 0 fully saturated rings. The quantitative estimate of drug-likeness (QED) is 0.693. The van der Waals surface area contributed by atoms with Crippen molar-refractivity contribution in [1.29, 1.82) is 0 Å². The standard InChI is InChI=1S/C18H21Cl2N/c1-2-12-21-18(15-6-4-3-5-7-15)11-9-14-8-10-16(19)13-17(14)20/h3-8,10,13,18,21H,2,9,11-12H2,1H3. The Balaban J connectivity index is 2.05. The molecular formula is C18H21Cl2N. The van der Waals surface area contributed by atoms with E-state index in [9.17, 15) is 0 Å². The molecule has 1 N–H and O–H groups in total. The molecule has 1 atom stereocenters. The fourth-order valence-electron chi connectivity index (χ4n) is 2.41. The highest BCUT2D eigenvalue weighted by Crippen LogP contribution is 2.25. The largest absolute Gasteiger partial charge is 0.310 e. The van der Waals surface area contributed by atoms with Crippen molar-refractivity contribution in [2.45, 2.75) is 32.2 Å². The molecule has 0 radical (unpaired) electrons. The Labute approximate surface area is 137 Å². The minimum atomic E-state index is 0.359. The van der Waals surface area contributed by atoms with E-state index >= 15 is 0 Å². The van der Waals surface area contributed by atoms with E-state index in [1.54, 1.807) is 0 Å². The van der Waals surface area contributed by atoms with Gasteiger partial charge in [-0.05, 0) is 49.1 Å². The topological polar surface area (TPSA) is 12.0 Å². The van der Waals surface area contributed by atoms with Gasteiger partial charge in [0.15, 0.2) is 0 Å². The Bertz CT molecular complexity index is 554. The third kappa shape index (κ3) is 5.03. The number of nitrogens with one attached hydrogen (secondary N) is 1. The number of halogens is 2. The average molecular weight is 322 g/mol. The van der Waals surface area contributed by atoms with Crippen LogP contribution in [0.25, 0.3) is 0 Å². The van der Waals surface area contributed by atoms with Gasteiger partial charge in [-0.1, -0.05) is 66.5 Å². The summed E-state index contributed by atoms with van der Waals surface area (Å²) in [5, 5.41) is 5.06. The lowest BCUT2D eigenvalue weighted by molar-refractivity contribution is 0.499. The van der Waals surface area contributed by atoms with E-state index in [1.807, 2.05) is 18.2 Å². The van der Waals surface area contributed by atoms with Crippen molar-refractivity contribution < 1.29 is 0 Å². The van der Waals surface area contributed by atoms with Crippen molar-refractivity contribution >= 4 is 23.2 Å². The Morgan fingerprint density at radius 2 is 1.81 bits per heavy atom. The zero-order valence-corrected chi connectivity index (χ0v) is 13.8. The molecule has 0 aromatic heterocycles. The van der Waals surface area contributed by atoms with Gasteiger partial charge in [0.2, 0.25) is 0 Å². The van der Waals surface area contributed by atoms with Gasteiger partial charge >= 0.3 is 0 Å². The van der Waals surface area contributed by atoms with Crippen molar-refractivity contribution in [3.8, 4) is 0 Å². The predicted molar refractivity (Wildman–Crippen MR) is 92.3 cm³/mol. The Morgan fingerprint density at radius 1 is 1.05 bits per heavy atom. The summed E-state index contributed by atoms with van der Waals surface area (Å²) < 4.78 is 0. The molecule has 0 aliphatic rings. The van der Waals surface area contributed by atoms with Gasteiger partial charge in [0.05, 0.1) is 0 Å².